The molecule has 1 fully saturated rings. The van der Waals surface area contributed by atoms with E-state index in [2.05, 4.69) is 10.6 Å². The molecule has 0 aromatic heterocycles. The highest BCUT2D eigenvalue weighted by molar-refractivity contribution is 6.07. The smallest absolute Gasteiger partial charge is 0.235 e. The van der Waals surface area contributed by atoms with Crippen molar-refractivity contribution in [3.8, 4) is 11.5 Å². The maximum Gasteiger partial charge on any atom is 0.235 e. The van der Waals surface area contributed by atoms with Crippen LogP contribution in [0.3, 0.4) is 0 Å². The number of ether oxygens (including phenoxy) is 2. The second kappa shape index (κ2) is 8.99. The van der Waals surface area contributed by atoms with Crippen molar-refractivity contribution in [1.29, 1.82) is 0 Å². The van der Waals surface area contributed by atoms with Gasteiger partial charge in [0.2, 0.25) is 11.8 Å². The zero-order chi connectivity index (χ0) is 20.9. The molecule has 0 unspecified atom stereocenters. The average Bonchev–Trinajstić information content (AvgIpc) is 3.55. The number of methoxy groups -OCH3 is 2. The molecule has 2 aromatic rings. The Balaban J connectivity index is 1.49. The molecular weight excluding hydrogens is 368 g/mol. The second-order valence-corrected chi connectivity index (χ2v) is 7.45. The van der Waals surface area contributed by atoms with Crippen molar-refractivity contribution in [2.75, 3.05) is 20.8 Å². The molecule has 0 heterocycles. The first-order valence-corrected chi connectivity index (χ1v) is 9.81. The minimum Gasteiger partial charge on any atom is -0.493 e. The van der Waals surface area contributed by atoms with Crippen LogP contribution in [0.25, 0.3) is 0 Å². The van der Waals surface area contributed by atoms with Gasteiger partial charge in [-0.2, -0.15) is 0 Å². The maximum atomic E-state index is 12.6. The topological polar surface area (TPSA) is 76.7 Å². The highest BCUT2D eigenvalue weighted by Crippen LogP contribution is 2.46. The molecule has 154 valence electrons. The van der Waals surface area contributed by atoms with Crippen LogP contribution in [0, 0.1) is 12.3 Å². The predicted octanol–water partition coefficient (Wildman–Crippen LogP) is 2.77. The molecule has 0 aliphatic heterocycles. The van der Waals surface area contributed by atoms with Gasteiger partial charge in [0.1, 0.15) is 5.41 Å². The number of nitrogens with one attached hydrogen (secondary N) is 2. The van der Waals surface area contributed by atoms with Crippen LogP contribution < -0.4 is 20.1 Å². The van der Waals surface area contributed by atoms with Gasteiger partial charge in [-0.1, -0.05) is 35.9 Å². The quantitative estimate of drug-likeness (QED) is 0.639. The number of carbonyl (C=O) groups excluding carboxylic acids is 2. The van der Waals surface area contributed by atoms with Crippen LogP contribution in [0.5, 0.6) is 11.5 Å². The van der Waals surface area contributed by atoms with Crippen molar-refractivity contribution in [1.82, 2.24) is 10.6 Å². The number of aryl methyl sites for hydroxylation is 1. The average molecular weight is 396 g/mol. The molecule has 0 spiro atoms. The summed E-state index contributed by atoms with van der Waals surface area (Å²) in [6.07, 6.45) is 1.83. The van der Waals surface area contributed by atoms with Gasteiger partial charge in [-0.25, -0.2) is 0 Å². The molecule has 1 aliphatic carbocycles. The van der Waals surface area contributed by atoms with E-state index in [0.717, 1.165) is 11.1 Å². The predicted molar refractivity (Wildman–Crippen MR) is 111 cm³/mol. The van der Waals surface area contributed by atoms with Crippen molar-refractivity contribution in [2.24, 2.45) is 5.41 Å². The van der Waals surface area contributed by atoms with E-state index in [0.29, 0.717) is 43.9 Å². The van der Waals surface area contributed by atoms with Crippen molar-refractivity contribution in [3.63, 3.8) is 0 Å². The summed E-state index contributed by atoms with van der Waals surface area (Å²) in [7, 11) is 3.19. The van der Waals surface area contributed by atoms with Crippen LogP contribution in [-0.2, 0) is 22.6 Å². The number of hydrogen-bond acceptors (Lipinski definition) is 4. The fraction of sp³-hybridized carbons (Fsp3) is 0.391. The monoisotopic (exact) mass is 396 g/mol. The van der Waals surface area contributed by atoms with Gasteiger partial charge < -0.3 is 20.1 Å². The summed E-state index contributed by atoms with van der Waals surface area (Å²) in [6.45, 7) is 2.91. The Bertz CT molecular complexity index is 873. The first-order chi connectivity index (χ1) is 14.0. The number of benzene rings is 2. The molecule has 2 aromatic carbocycles. The molecule has 0 saturated heterocycles. The number of amides is 2. The molecule has 6 heteroatoms. The van der Waals surface area contributed by atoms with Crippen LogP contribution in [0.4, 0.5) is 0 Å². The zero-order valence-corrected chi connectivity index (χ0v) is 17.2. The van der Waals surface area contributed by atoms with Gasteiger partial charge in [0.05, 0.1) is 14.2 Å². The Labute approximate surface area is 171 Å². The molecule has 3 rings (SSSR count). The molecule has 0 radical (unpaired) electrons. The minimum absolute atomic E-state index is 0.193. The van der Waals surface area contributed by atoms with Gasteiger partial charge in [0, 0.05) is 13.1 Å². The summed E-state index contributed by atoms with van der Waals surface area (Å²) in [5, 5.41) is 5.82. The molecule has 2 amide bonds. The molecule has 1 saturated carbocycles. The van der Waals surface area contributed by atoms with Crippen molar-refractivity contribution >= 4 is 11.8 Å². The molecule has 0 bridgehead atoms. The minimum atomic E-state index is -0.914. The van der Waals surface area contributed by atoms with E-state index in [-0.39, 0.29) is 11.8 Å². The third kappa shape index (κ3) is 4.88. The fourth-order valence-electron chi connectivity index (χ4n) is 3.27. The van der Waals surface area contributed by atoms with E-state index in [1.165, 1.54) is 5.56 Å². The van der Waals surface area contributed by atoms with E-state index in [1.54, 1.807) is 14.2 Å². The Morgan fingerprint density at radius 1 is 0.897 bits per heavy atom. The normalized spacial score (nSPS) is 14.0. The third-order valence-electron chi connectivity index (χ3n) is 5.34. The van der Waals surface area contributed by atoms with E-state index in [1.807, 2.05) is 49.4 Å². The zero-order valence-electron chi connectivity index (χ0n) is 17.2. The number of rotatable bonds is 9. The van der Waals surface area contributed by atoms with Crippen LogP contribution >= 0.6 is 0 Å². The summed E-state index contributed by atoms with van der Waals surface area (Å²) in [4.78, 5) is 25.2. The Kier molecular flexibility index (Phi) is 6.42. The Hall–Kier alpha value is -3.02. The Morgan fingerprint density at radius 3 is 2.14 bits per heavy atom. The standard InChI is InChI=1S/C23H28N2O4/c1-16-4-6-18(7-5-16)15-25-22(27)23(11-12-23)21(26)24-13-10-17-8-9-19(28-2)20(14-17)29-3/h4-9,14H,10-13,15H2,1-3H3,(H,24,26)(H,25,27). The molecule has 29 heavy (non-hydrogen) atoms. The van der Waals surface area contributed by atoms with Gasteiger partial charge in [0.25, 0.3) is 0 Å². The largest absolute Gasteiger partial charge is 0.493 e. The van der Waals surface area contributed by atoms with Crippen molar-refractivity contribution in [2.45, 2.75) is 32.7 Å². The van der Waals surface area contributed by atoms with Crippen molar-refractivity contribution < 1.29 is 19.1 Å². The van der Waals surface area contributed by atoms with Crippen LogP contribution in [0.1, 0.15) is 29.5 Å². The molecule has 6 nitrogen and oxygen atoms in total. The SMILES string of the molecule is COc1ccc(CCNC(=O)C2(C(=O)NCc3ccc(C)cc3)CC2)cc1OC. The lowest BCUT2D eigenvalue weighted by molar-refractivity contribution is -0.137. The van der Waals surface area contributed by atoms with Gasteiger partial charge in [0.15, 0.2) is 11.5 Å². The van der Waals surface area contributed by atoms with E-state index >= 15 is 0 Å². The van der Waals surface area contributed by atoms with Gasteiger partial charge >= 0.3 is 0 Å². The lowest BCUT2D eigenvalue weighted by Gasteiger charge is -2.16. The summed E-state index contributed by atoms with van der Waals surface area (Å²) in [5.41, 5.74) is 2.31. The Morgan fingerprint density at radius 2 is 1.52 bits per heavy atom. The summed E-state index contributed by atoms with van der Waals surface area (Å²) < 4.78 is 10.5. The second-order valence-electron chi connectivity index (χ2n) is 7.45. The number of hydrogen-bond donors (Lipinski definition) is 2. The van der Waals surface area contributed by atoms with Gasteiger partial charge in [-0.05, 0) is 49.4 Å². The maximum absolute atomic E-state index is 12.6. The highest BCUT2D eigenvalue weighted by Gasteiger charge is 2.56. The van der Waals surface area contributed by atoms with E-state index in [9.17, 15) is 9.59 Å². The fourth-order valence-corrected chi connectivity index (χ4v) is 3.27. The summed E-state index contributed by atoms with van der Waals surface area (Å²) in [6, 6.07) is 13.7. The first kappa shape index (κ1) is 20.7. The van der Waals surface area contributed by atoms with Crippen LogP contribution in [-0.4, -0.2) is 32.6 Å². The molecule has 0 atom stereocenters. The molecular formula is C23H28N2O4. The highest BCUT2D eigenvalue weighted by atomic mass is 16.5. The van der Waals surface area contributed by atoms with Gasteiger partial charge in [-0.3, -0.25) is 9.59 Å². The summed E-state index contributed by atoms with van der Waals surface area (Å²) >= 11 is 0. The first-order valence-electron chi connectivity index (χ1n) is 9.81. The third-order valence-corrected chi connectivity index (χ3v) is 5.34. The lowest BCUT2D eigenvalue weighted by atomic mass is 10.0. The lowest BCUT2D eigenvalue weighted by Crippen LogP contribution is -2.43. The molecule has 1 aliphatic rings. The van der Waals surface area contributed by atoms with Crippen molar-refractivity contribution in [3.05, 3.63) is 59.2 Å². The van der Waals surface area contributed by atoms with E-state index in [4.69, 9.17) is 9.47 Å². The van der Waals surface area contributed by atoms with E-state index < -0.39 is 5.41 Å². The van der Waals surface area contributed by atoms with Crippen LogP contribution in [0.2, 0.25) is 0 Å². The molecule has 2 N–H and O–H groups in total. The van der Waals surface area contributed by atoms with Crippen LogP contribution in [0.15, 0.2) is 42.5 Å². The number of carbonyl (C=O) groups is 2. The summed E-state index contributed by atoms with van der Waals surface area (Å²) in [5.74, 6) is 0.939. The van der Waals surface area contributed by atoms with Gasteiger partial charge in [-0.15, -0.1) is 0 Å².